The molecule has 0 spiro atoms. The Kier molecular flexibility index (Phi) is 6.21. The van der Waals surface area contributed by atoms with Crippen LogP contribution in [0.25, 0.3) is 22.8 Å². The third-order valence-electron chi connectivity index (χ3n) is 6.27. The second-order valence-corrected chi connectivity index (χ2v) is 8.74. The molecule has 3 aromatic heterocycles. The van der Waals surface area contributed by atoms with Gasteiger partial charge in [-0.25, -0.2) is 9.67 Å². The van der Waals surface area contributed by atoms with Crippen LogP contribution in [0.2, 0.25) is 0 Å². The Morgan fingerprint density at radius 1 is 1.11 bits per heavy atom. The molecule has 0 unspecified atom stereocenters. The highest BCUT2D eigenvalue weighted by Crippen LogP contribution is 2.30. The largest absolute Gasteiger partial charge is 0.489 e. The molecule has 0 amide bonds. The summed E-state index contributed by atoms with van der Waals surface area (Å²) in [5.41, 5.74) is 3.68. The van der Waals surface area contributed by atoms with Gasteiger partial charge < -0.3 is 9.84 Å². The van der Waals surface area contributed by atoms with Crippen LogP contribution in [0.1, 0.15) is 37.1 Å². The van der Waals surface area contributed by atoms with Gasteiger partial charge in [0.05, 0.1) is 29.1 Å². The number of rotatable bonds is 7. The second kappa shape index (κ2) is 9.61. The molecular formula is C24H26N8O3. The normalized spacial score (nSPS) is 17.9. The number of aryl methyl sites for hydroxylation is 2. The Hall–Kier alpha value is -4.15. The topological polar surface area (TPSA) is 134 Å². The third kappa shape index (κ3) is 4.88. The van der Waals surface area contributed by atoms with E-state index in [1.807, 2.05) is 56.4 Å². The van der Waals surface area contributed by atoms with Crippen LogP contribution in [0.5, 0.6) is 5.75 Å². The zero-order valence-corrected chi connectivity index (χ0v) is 19.6. The maximum atomic E-state index is 11.4. The van der Waals surface area contributed by atoms with Crippen molar-refractivity contribution in [3.05, 3.63) is 53.9 Å². The monoisotopic (exact) mass is 474 g/mol. The van der Waals surface area contributed by atoms with Gasteiger partial charge in [0.15, 0.2) is 0 Å². The first-order valence-electron chi connectivity index (χ1n) is 11.6. The predicted molar refractivity (Wildman–Crippen MR) is 125 cm³/mol. The maximum absolute atomic E-state index is 11.4. The number of carbonyl (C=O) groups is 1. The van der Waals surface area contributed by atoms with E-state index < -0.39 is 5.97 Å². The number of ether oxygens (including phenoxy) is 1. The average Bonchev–Trinajstić information content (AvgIpc) is 3.48. The molecule has 0 bridgehead atoms. The van der Waals surface area contributed by atoms with E-state index in [0.717, 1.165) is 24.1 Å². The van der Waals surface area contributed by atoms with Gasteiger partial charge in [0.1, 0.15) is 18.0 Å². The zero-order valence-electron chi connectivity index (χ0n) is 19.6. The molecule has 35 heavy (non-hydrogen) atoms. The Morgan fingerprint density at radius 3 is 2.71 bits per heavy atom. The molecule has 0 aliphatic heterocycles. The predicted octanol–water partition coefficient (Wildman–Crippen LogP) is 2.91. The van der Waals surface area contributed by atoms with E-state index in [0.29, 0.717) is 48.0 Å². The number of carboxylic acid groups (broad SMARTS) is 1. The summed E-state index contributed by atoms with van der Waals surface area (Å²) >= 11 is 0. The van der Waals surface area contributed by atoms with Crippen molar-refractivity contribution >= 4 is 5.97 Å². The minimum atomic E-state index is -0.753. The lowest BCUT2D eigenvalue weighted by molar-refractivity contribution is -0.143. The molecule has 180 valence electrons. The summed E-state index contributed by atoms with van der Waals surface area (Å²) in [4.78, 5) is 17.6. The van der Waals surface area contributed by atoms with Gasteiger partial charge in [-0.3, -0.25) is 4.79 Å². The van der Waals surface area contributed by atoms with Crippen LogP contribution in [0, 0.1) is 12.8 Å². The third-order valence-corrected chi connectivity index (χ3v) is 6.27. The van der Waals surface area contributed by atoms with Gasteiger partial charge in [-0.1, -0.05) is 35.5 Å². The lowest BCUT2D eigenvalue weighted by atomic mass is 9.87. The van der Waals surface area contributed by atoms with Gasteiger partial charge in [0.2, 0.25) is 5.82 Å². The summed E-state index contributed by atoms with van der Waals surface area (Å²) in [6.07, 6.45) is 2.78. The molecule has 2 atom stereocenters. The van der Waals surface area contributed by atoms with E-state index in [4.69, 9.17) is 9.72 Å². The maximum Gasteiger partial charge on any atom is 0.306 e. The van der Waals surface area contributed by atoms with Crippen LogP contribution in [0.3, 0.4) is 0 Å². The highest BCUT2D eigenvalue weighted by molar-refractivity contribution is 5.70. The first-order chi connectivity index (χ1) is 17.0. The first kappa shape index (κ1) is 22.6. The SMILES string of the molecule is Cc1nc(-c2nnn(C)c2Cn2nnc(-c3ccccc3)n2)ccc1O[C@H]1CCC[C@H](C(=O)O)C1. The van der Waals surface area contributed by atoms with Gasteiger partial charge in [-0.2, -0.15) is 4.80 Å². The average molecular weight is 475 g/mol. The van der Waals surface area contributed by atoms with Crippen molar-refractivity contribution in [2.75, 3.05) is 0 Å². The lowest BCUT2D eigenvalue weighted by Crippen LogP contribution is -2.29. The Labute approximate surface area is 201 Å². The van der Waals surface area contributed by atoms with Gasteiger partial charge in [0.25, 0.3) is 0 Å². The molecule has 1 N–H and O–H groups in total. The zero-order chi connectivity index (χ0) is 24.4. The number of carboxylic acids is 1. The fourth-order valence-corrected chi connectivity index (χ4v) is 4.36. The standard InChI is InChI=1S/C24H26N8O3/c1-15-21(35-18-10-6-9-17(13-18)24(33)34)12-11-19(25-15)22-20(31(2)29-26-22)14-32-28-23(27-30-32)16-7-4-3-5-8-16/h3-5,7-8,11-12,17-18H,6,9-10,13-14H2,1-2H3,(H,33,34)/t17-,18-/m0/s1. The van der Waals surface area contributed by atoms with E-state index >= 15 is 0 Å². The van der Waals surface area contributed by atoms with E-state index in [1.165, 1.54) is 4.80 Å². The molecule has 3 heterocycles. The summed E-state index contributed by atoms with van der Waals surface area (Å²) in [5, 5.41) is 30.7. The molecule has 1 aromatic carbocycles. The number of aliphatic carboxylic acids is 1. The van der Waals surface area contributed by atoms with E-state index in [9.17, 15) is 9.90 Å². The number of hydrogen-bond donors (Lipinski definition) is 1. The number of nitrogens with zero attached hydrogens (tertiary/aromatic N) is 8. The summed E-state index contributed by atoms with van der Waals surface area (Å²) in [6.45, 7) is 2.20. The molecule has 11 nitrogen and oxygen atoms in total. The summed E-state index contributed by atoms with van der Waals surface area (Å²) in [7, 11) is 1.81. The number of pyridine rings is 1. The Balaban J connectivity index is 1.34. The van der Waals surface area contributed by atoms with Crippen LogP contribution >= 0.6 is 0 Å². The van der Waals surface area contributed by atoms with Crippen molar-refractivity contribution in [3.8, 4) is 28.5 Å². The van der Waals surface area contributed by atoms with Crippen LogP contribution in [-0.4, -0.2) is 57.4 Å². The second-order valence-electron chi connectivity index (χ2n) is 8.74. The van der Waals surface area contributed by atoms with Crippen LogP contribution in [-0.2, 0) is 18.4 Å². The number of tetrazole rings is 1. The summed E-state index contributed by atoms with van der Waals surface area (Å²) < 4.78 is 7.81. The number of aromatic nitrogens is 8. The highest BCUT2D eigenvalue weighted by atomic mass is 16.5. The number of benzene rings is 1. The smallest absolute Gasteiger partial charge is 0.306 e. The van der Waals surface area contributed by atoms with Crippen molar-refractivity contribution in [3.63, 3.8) is 0 Å². The highest BCUT2D eigenvalue weighted by Gasteiger charge is 2.28. The van der Waals surface area contributed by atoms with E-state index in [-0.39, 0.29) is 12.0 Å². The van der Waals surface area contributed by atoms with Gasteiger partial charge in [-0.15, -0.1) is 15.3 Å². The summed E-state index contributed by atoms with van der Waals surface area (Å²) in [6, 6.07) is 13.4. The van der Waals surface area contributed by atoms with Crippen molar-refractivity contribution in [1.82, 2.24) is 40.2 Å². The van der Waals surface area contributed by atoms with Crippen LogP contribution in [0.4, 0.5) is 0 Å². The van der Waals surface area contributed by atoms with Crippen molar-refractivity contribution in [1.29, 1.82) is 0 Å². The molecule has 11 heteroatoms. The fourth-order valence-electron chi connectivity index (χ4n) is 4.36. The molecule has 0 saturated heterocycles. The Morgan fingerprint density at radius 2 is 1.94 bits per heavy atom. The molecule has 1 aliphatic carbocycles. The van der Waals surface area contributed by atoms with E-state index in [2.05, 4.69) is 25.7 Å². The molecular weight excluding hydrogens is 448 g/mol. The van der Waals surface area contributed by atoms with Crippen molar-refractivity contribution in [2.45, 2.75) is 45.3 Å². The molecule has 4 aromatic rings. The minimum absolute atomic E-state index is 0.125. The fraction of sp³-hybridized carbons (Fsp3) is 0.375. The molecule has 1 fully saturated rings. The van der Waals surface area contributed by atoms with Gasteiger partial charge in [0, 0.05) is 12.6 Å². The minimum Gasteiger partial charge on any atom is -0.489 e. The van der Waals surface area contributed by atoms with E-state index in [1.54, 1.807) is 4.68 Å². The van der Waals surface area contributed by atoms with Crippen LogP contribution in [0.15, 0.2) is 42.5 Å². The van der Waals surface area contributed by atoms with Crippen molar-refractivity contribution < 1.29 is 14.6 Å². The van der Waals surface area contributed by atoms with Gasteiger partial charge in [-0.05, 0) is 50.0 Å². The Bertz CT molecular complexity index is 1330. The summed E-state index contributed by atoms with van der Waals surface area (Å²) in [5.74, 6) is 0.0963. The van der Waals surface area contributed by atoms with Gasteiger partial charge >= 0.3 is 5.97 Å². The molecule has 1 saturated carbocycles. The quantitative estimate of drug-likeness (QED) is 0.429. The van der Waals surface area contributed by atoms with Crippen LogP contribution < -0.4 is 4.74 Å². The first-order valence-corrected chi connectivity index (χ1v) is 11.6. The van der Waals surface area contributed by atoms with Crippen molar-refractivity contribution in [2.24, 2.45) is 13.0 Å². The number of hydrogen-bond acceptors (Lipinski definition) is 8. The lowest BCUT2D eigenvalue weighted by Gasteiger charge is -2.27. The molecule has 5 rings (SSSR count). The molecule has 1 aliphatic rings. The molecule has 0 radical (unpaired) electrons.